The fourth-order valence-corrected chi connectivity index (χ4v) is 9.29. The molecule has 2 fully saturated rings. The second-order valence-electron chi connectivity index (χ2n) is 16.7. The number of primary amides is 1. The smallest absolute Gasteiger partial charge is 0.410 e. The van der Waals surface area contributed by atoms with Crippen LogP contribution in [0.5, 0.6) is 0 Å². The van der Waals surface area contributed by atoms with Crippen molar-refractivity contribution < 1.29 is 52.5 Å². The number of carboxylic acid groups (broad SMARTS) is 1. The molecule has 4 amide bonds. The van der Waals surface area contributed by atoms with E-state index in [9.17, 15) is 43.5 Å². The summed E-state index contributed by atoms with van der Waals surface area (Å²) in [4.78, 5) is 107. The number of hydrogen-bond donors (Lipinski definition) is 4. The van der Waals surface area contributed by atoms with Crippen molar-refractivity contribution in [1.29, 1.82) is 0 Å². The summed E-state index contributed by atoms with van der Waals surface area (Å²) < 4.78 is 27.7. The SMILES string of the molecule is C=CCOC(=O)C[C@H](CC(=O)C1(C(=O)C[C@@H](CCCNC(N)=O)C(=O)Nc2ccc(COC(=O)N3CCN(c4cc5c(cc4F)c(=O)c(C(=O)O)cn5CC)CC3)cc2)CCC1)c1ccsc1. The quantitative estimate of drug-likeness (QED) is 0.0291. The zero-order chi connectivity index (χ0) is 48.3. The Balaban J connectivity index is 1.04. The molecule has 1 aliphatic heterocycles. The first kappa shape index (κ1) is 49.5. The fraction of sp³-hybridized carbons (Fsp3) is 0.417. The number of nitrogens with one attached hydrogen (secondary N) is 2. The van der Waals surface area contributed by atoms with Crippen LogP contribution in [0.1, 0.15) is 85.7 Å². The fourth-order valence-electron chi connectivity index (χ4n) is 8.55. The Kier molecular flexibility index (Phi) is 16.7. The van der Waals surface area contributed by atoms with Gasteiger partial charge in [0.2, 0.25) is 11.3 Å². The van der Waals surface area contributed by atoms with E-state index in [2.05, 4.69) is 17.2 Å². The van der Waals surface area contributed by atoms with Crippen molar-refractivity contribution in [3.63, 3.8) is 0 Å². The van der Waals surface area contributed by atoms with Crippen LogP contribution in [0.25, 0.3) is 10.9 Å². The molecule has 1 aliphatic carbocycles. The van der Waals surface area contributed by atoms with Crippen LogP contribution in [0.15, 0.2) is 76.9 Å². The highest BCUT2D eigenvalue weighted by molar-refractivity contribution is 7.08. The number of urea groups is 1. The van der Waals surface area contributed by atoms with E-state index in [1.807, 2.05) is 16.8 Å². The number of aromatic carboxylic acids is 1. The van der Waals surface area contributed by atoms with Crippen molar-refractivity contribution in [2.24, 2.45) is 17.1 Å². The number of nitrogens with two attached hydrogens (primary N) is 1. The third-order valence-corrected chi connectivity index (χ3v) is 13.2. The van der Waals surface area contributed by atoms with Gasteiger partial charge in [-0.05, 0) is 84.8 Å². The van der Waals surface area contributed by atoms with Gasteiger partial charge in [0.15, 0.2) is 0 Å². The van der Waals surface area contributed by atoms with Crippen LogP contribution in [0.3, 0.4) is 0 Å². The van der Waals surface area contributed by atoms with Gasteiger partial charge in [-0.2, -0.15) is 11.3 Å². The number of ether oxygens (including phenoxy) is 2. The molecular weight excluding hydrogens is 888 g/mol. The number of pyridine rings is 1. The molecule has 2 aliphatic rings. The molecule has 2 aromatic heterocycles. The Labute approximate surface area is 390 Å². The Morgan fingerprint density at radius 3 is 2.31 bits per heavy atom. The number of anilines is 2. The van der Waals surface area contributed by atoms with Gasteiger partial charge < -0.3 is 45.3 Å². The van der Waals surface area contributed by atoms with Crippen LogP contribution >= 0.6 is 11.3 Å². The number of hydrogen-bond acceptors (Lipinski definition) is 12. The molecule has 0 bridgehead atoms. The topological polar surface area (TPSA) is 237 Å². The zero-order valence-electron chi connectivity index (χ0n) is 37.3. The lowest BCUT2D eigenvalue weighted by Crippen LogP contribution is -2.49. The van der Waals surface area contributed by atoms with E-state index in [1.165, 1.54) is 34.6 Å². The second kappa shape index (κ2) is 22.5. The van der Waals surface area contributed by atoms with Crippen LogP contribution in [-0.2, 0) is 41.8 Å². The van der Waals surface area contributed by atoms with Gasteiger partial charge in [0.05, 0.1) is 23.0 Å². The number of esters is 1. The summed E-state index contributed by atoms with van der Waals surface area (Å²) in [6, 6.07) is 10.3. The monoisotopic (exact) mass is 942 g/mol. The van der Waals surface area contributed by atoms with Crippen molar-refractivity contribution >= 4 is 75.2 Å². The summed E-state index contributed by atoms with van der Waals surface area (Å²) >= 11 is 1.43. The lowest BCUT2D eigenvalue weighted by Gasteiger charge is -2.40. The summed E-state index contributed by atoms with van der Waals surface area (Å²) in [6.45, 7) is 6.82. The maximum atomic E-state index is 15.4. The maximum Gasteiger partial charge on any atom is 0.410 e. The van der Waals surface area contributed by atoms with E-state index in [1.54, 1.807) is 40.7 Å². The number of piperazine rings is 1. The highest BCUT2D eigenvalue weighted by Gasteiger charge is 2.50. The molecule has 17 nitrogen and oxygen atoms in total. The van der Waals surface area contributed by atoms with Crippen molar-refractivity contribution in [3.8, 4) is 0 Å². The van der Waals surface area contributed by atoms with Gasteiger partial charge >= 0.3 is 24.1 Å². The molecule has 3 heterocycles. The number of benzene rings is 2. The molecule has 67 heavy (non-hydrogen) atoms. The number of thiophene rings is 1. The molecule has 5 N–H and O–H groups in total. The molecule has 1 saturated heterocycles. The first-order valence-electron chi connectivity index (χ1n) is 22.2. The standard InChI is InChI=1S/C48H55FN6O11S/c1-3-20-65-42(58)24-33(32-12-21-67-29-32)23-41(57)48(13-6-14-48)40(56)22-31(7-5-15-51-46(50)63)44(60)52-34-10-8-30(9-11-34)28-66-47(64)55-18-16-54(17-19-55)39-26-38-35(25-37(39)49)43(59)36(45(61)62)27-53(38)4-2/h3,8-12,21,25-27,29,31,33H,1,4-7,13-20,22-24,28H2,2H3,(H,52,60)(H,61,62)(H3,50,51,63)/t31-,33+/m1/s1. The number of aromatic nitrogens is 1. The Bertz CT molecular complexity index is 2550. The van der Waals surface area contributed by atoms with E-state index < -0.39 is 64.0 Å². The number of rotatable bonds is 22. The number of aryl methyl sites for hydroxylation is 1. The summed E-state index contributed by atoms with van der Waals surface area (Å²) in [7, 11) is 0. The second-order valence-corrected chi connectivity index (χ2v) is 17.5. The maximum absolute atomic E-state index is 15.4. The number of nitrogens with zero attached hydrogens (tertiary/aromatic N) is 3. The molecule has 1 saturated carbocycles. The van der Waals surface area contributed by atoms with E-state index in [4.69, 9.17) is 15.2 Å². The van der Waals surface area contributed by atoms with Crippen molar-refractivity contribution in [2.45, 2.75) is 77.4 Å². The predicted molar refractivity (Wildman–Crippen MR) is 249 cm³/mol. The highest BCUT2D eigenvalue weighted by atomic mass is 32.1. The minimum atomic E-state index is -1.39. The number of halogens is 1. The van der Waals surface area contributed by atoms with Gasteiger partial charge in [0, 0.05) is 81.2 Å². The van der Waals surface area contributed by atoms with Gasteiger partial charge in [-0.1, -0.05) is 31.2 Å². The third-order valence-electron chi connectivity index (χ3n) is 12.5. The van der Waals surface area contributed by atoms with E-state index in [0.29, 0.717) is 49.0 Å². The number of carbonyl (C=O) groups excluding carboxylic acids is 6. The van der Waals surface area contributed by atoms with E-state index >= 15 is 4.39 Å². The summed E-state index contributed by atoms with van der Waals surface area (Å²) in [5.74, 6) is -4.96. The normalized spacial score (nSPS) is 15.1. The predicted octanol–water partition coefficient (Wildman–Crippen LogP) is 6.37. The summed E-state index contributed by atoms with van der Waals surface area (Å²) in [5, 5.41) is 18.5. The van der Waals surface area contributed by atoms with Gasteiger partial charge in [0.1, 0.15) is 36.2 Å². The van der Waals surface area contributed by atoms with Crippen LogP contribution in [0.4, 0.5) is 25.4 Å². The largest absolute Gasteiger partial charge is 0.477 e. The molecule has 0 unspecified atom stereocenters. The lowest BCUT2D eigenvalue weighted by molar-refractivity contribution is -0.148. The van der Waals surface area contributed by atoms with Crippen LogP contribution < -0.4 is 26.7 Å². The van der Waals surface area contributed by atoms with Gasteiger partial charge in [-0.15, -0.1) is 0 Å². The minimum Gasteiger partial charge on any atom is -0.477 e. The van der Waals surface area contributed by atoms with Crippen molar-refractivity contribution in [2.75, 3.05) is 49.5 Å². The highest BCUT2D eigenvalue weighted by Crippen LogP contribution is 2.47. The molecule has 0 radical (unpaired) electrons. The van der Waals surface area contributed by atoms with Crippen LogP contribution in [0.2, 0.25) is 0 Å². The van der Waals surface area contributed by atoms with Crippen LogP contribution in [0, 0.1) is 17.2 Å². The summed E-state index contributed by atoms with van der Waals surface area (Å²) in [6.07, 6.45) is 3.74. The molecule has 356 valence electrons. The Morgan fingerprint density at radius 1 is 0.985 bits per heavy atom. The third kappa shape index (κ3) is 12.1. The number of carbonyl (C=O) groups is 7. The van der Waals surface area contributed by atoms with Gasteiger partial charge in [-0.3, -0.25) is 24.0 Å². The van der Waals surface area contributed by atoms with Gasteiger partial charge in [0.25, 0.3) is 0 Å². The Hall–Kier alpha value is -6.89. The zero-order valence-corrected chi connectivity index (χ0v) is 38.1. The summed E-state index contributed by atoms with van der Waals surface area (Å²) in [5.41, 5.74) is 5.22. The number of Topliss-reactive ketones (excluding diaryl/α,β-unsaturated/α-hetero) is 2. The van der Waals surface area contributed by atoms with Crippen molar-refractivity contribution in [3.05, 3.63) is 105 Å². The molecular formula is C48H55FN6O11S. The molecule has 4 aromatic rings. The molecule has 0 spiro atoms. The van der Waals surface area contributed by atoms with Crippen LogP contribution in [-0.4, -0.2) is 95.4 Å². The van der Waals surface area contributed by atoms with Crippen molar-refractivity contribution in [1.82, 2.24) is 14.8 Å². The molecule has 2 aromatic carbocycles. The lowest BCUT2D eigenvalue weighted by atomic mass is 9.60. The average molecular weight is 943 g/mol. The van der Waals surface area contributed by atoms with E-state index in [-0.39, 0.29) is 94.3 Å². The molecule has 6 rings (SSSR count). The molecule has 2 atom stereocenters. The molecule has 19 heteroatoms. The minimum absolute atomic E-state index is 0.0339. The first-order valence-corrected chi connectivity index (χ1v) is 23.1. The first-order chi connectivity index (χ1) is 32.1. The number of carboxylic acids is 1. The number of ketones is 2. The van der Waals surface area contributed by atoms with Gasteiger partial charge in [-0.25, -0.2) is 18.8 Å². The van der Waals surface area contributed by atoms with E-state index in [0.717, 1.165) is 11.6 Å². The average Bonchev–Trinajstić information content (AvgIpc) is 3.84. The number of amides is 4. The Morgan fingerprint density at radius 2 is 1.70 bits per heavy atom. The number of fused-ring (bicyclic) bond motifs is 1.